The summed E-state index contributed by atoms with van der Waals surface area (Å²) in [6.07, 6.45) is 1.92. The summed E-state index contributed by atoms with van der Waals surface area (Å²) in [5.41, 5.74) is 3.60. The van der Waals surface area contributed by atoms with Gasteiger partial charge in [-0.1, -0.05) is 66.4 Å². The highest BCUT2D eigenvalue weighted by atomic mass is 32.2. The Morgan fingerprint density at radius 3 is 2.57 bits per heavy atom. The minimum atomic E-state index is -0.193. The van der Waals surface area contributed by atoms with E-state index in [-0.39, 0.29) is 24.1 Å². The molecule has 0 radical (unpaired) electrons. The first-order valence-electron chi connectivity index (χ1n) is 14.1. The zero-order valence-corrected chi connectivity index (χ0v) is 24.1. The monoisotopic (exact) mass is 577 g/mol. The Labute approximate surface area is 248 Å². The predicted octanol–water partition coefficient (Wildman–Crippen LogP) is 5.82. The van der Waals surface area contributed by atoms with Gasteiger partial charge in [0.05, 0.1) is 18.9 Å². The van der Waals surface area contributed by atoms with Gasteiger partial charge in [0.2, 0.25) is 5.91 Å². The molecule has 0 bridgehead atoms. The fraction of sp³-hybridized carbons (Fsp3) is 0.212. The Bertz CT molecular complexity index is 1730. The van der Waals surface area contributed by atoms with Crippen LogP contribution in [-0.2, 0) is 17.8 Å². The van der Waals surface area contributed by atoms with Crippen molar-refractivity contribution in [3.63, 3.8) is 0 Å². The van der Waals surface area contributed by atoms with Crippen LogP contribution in [0.4, 0.5) is 5.69 Å². The Kier molecular flexibility index (Phi) is 8.18. The third kappa shape index (κ3) is 5.73. The molecule has 1 aliphatic heterocycles. The maximum absolute atomic E-state index is 13.4. The number of rotatable bonds is 9. The highest BCUT2D eigenvalue weighted by Gasteiger charge is 2.24. The molecular weight excluding hydrogens is 546 g/mol. The van der Waals surface area contributed by atoms with Crippen LogP contribution in [0.5, 0.6) is 5.75 Å². The fourth-order valence-electron chi connectivity index (χ4n) is 5.30. The average molecular weight is 578 g/mol. The molecule has 1 aromatic heterocycles. The summed E-state index contributed by atoms with van der Waals surface area (Å²) in [4.78, 5) is 28.5. The highest BCUT2D eigenvalue weighted by molar-refractivity contribution is 7.99. The van der Waals surface area contributed by atoms with E-state index in [9.17, 15) is 9.59 Å². The van der Waals surface area contributed by atoms with Crippen LogP contribution in [0.2, 0.25) is 0 Å². The summed E-state index contributed by atoms with van der Waals surface area (Å²) in [6.45, 7) is 3.38. The van der Waals surface area contributed by atoms with E-state index in [1.165, 1.54) is 17.3 Å². The van der Waals surface area contributed by atoms with Gasteiger partial charge in [-0.15, -0.1) is 10.2 Å². The number of nitrogens with one attached hydrogen (secondary N) is 1. The molecular formula is C33H31N5O3S. The van der Waals surface area contributed by atoms with Gasteiger partial charge in [-0.05, 0) is 72.5 Å². The second kappa shape index (κ2) is 12.5. The van der Waals surface area contributed by atoms with E-state index in [4.69, 9.17) is 4.74 Å². The molecule has 0 fully saturated rings. The van der Waals surface area contributed by atoms with E-state index in [2.05, 4.69) is 21.6 Å². The molecule has 9 heteroatoms. The standard InChI is InChI=1S/C33H31N5O3S/c1-2-41-26-18-16-25(17-19-26)38-30(21-34-32(40)28-14-7-11-23-9-3-5-13-27(23)28)35-36-33(38)42-22-31(39)37-20-8-12-24-10-4-6-15-29(24)37/h3-7,9-11,13-19H,2,8,12,20-22H2,1H3,(H,34,40). The van der Waals surface area contributed by atoms with Gasteiger partial charge in [0.25, 0.3) is 5.91 Å². The van der Waals surface area contributed by atoms with Crippen molar-refractivity contribution in [3.05, 3.63) is 108 Å². The topological polar surface area (TPSA) is 89.3 Å². The number of hydrogen-bond acceptors (Lipinski definition) is 6. The normalized spacial score (nSPS) is 12.6. The van der Waals surface area contributed by atoms with Gasteiger partial charge < -0.3 is 15.0 Å². The molecule has 2 heterocycles. The van der Waals surface area contributed by atoms with E-state index in [1.807, 2.05) is 101 Å². The summed E-state index contributed by atoms with van der Waals surface area (Å²) >= 11 is 1.34. The molecule has 2 amide bonds. The molecule has 0 atom stereocenters. The molecule has 6 rings (SSSR count). The van der Waals surface area contributed by atoms with E-state index in [0.29, 0.717) is 29.7 Å². The van der Waals surface area contributed by atoms with Crippen molar-refractivity contribution in [1.82, 2.24) is 20.1 Å². The lowest BCUT2D eigenvalue weighted by Crippen LogP contribution is -2.36. The van der Waals surface area contributed by atoms with Crippen LogP contribution in [0.15, 0.2) is 96.2 Å². The van der Waals surface area contributed by atoms with E-state index >= 15 is 0 Å². The number of amides is 2. The number of hydrogen-bond donors (Lipinski definition) is 1. The van der Waals surface area contributed by atoms with Crippen LogP contribution < -0.4 is 15.0 Å². The fourth-order valence-corrected chi connectivity index (χ4v) is 6.15. The second-order valence-corrected chi connectivity index (χ2v) is 10.9. The number of carbonyl (C=O) groups excluding carboxylic acids is 2. The van der Waals surface area contributed by atoms with Gasteiger partial charge in [-0.2, -0.15) is 0 Å². The van der Waals surface area contributed by atoms with Crippen LogP contribution in [0.1, 0.15) is 35.1 Å². The number of thioether (sulfide) groups is 1. The summed E-state index contributed by atoms with van der Waals surface area (Å²) in [5, 5.41) is 14.3. The molecule has 0 saturated carbocycles. The number of benzene rings is 4. The summed E-state index contributed by atoms with van der Waals surface area (Å²) in [7, 11) is 0. The van der Waals surface area contributed by atoms with Crippen molar-refractivity contribution >= 4 is 40.0 Å². The first kappa shape index (κ1) is 27.5. The third-order valence-corrected chi connectivity index (χ3v) is 8.20. The Morgan fingerprint density at radius 2 is 1.71 bits per heavy atom. The van der Waals surface area contributed by atoms with Gasteiger partial charge in [0.15, 0.2) is 11.0 Å². The smallest absolute Gasteiger partial charge is 0.252 e. The molecule has 0 unspecified atom stereocenters. The number of para-hydroxylation sites is 1. The molecule has 0 saturated heterocycles. The van der Waals surface area contributed by atoms with Crippen molar-refractivity contribution in [3.8, 4) is 11.4 Å². The maximum Gasteiger partial charge on any atom is 0.252 e. The molecule has 4 aromatic carbocycles. The Balaban J connectivity index is 1.24. The minimum Gasteiger partial charge on any atom is -0.494 e. The quantitative estimate of drug-likeness (QED) is 0.222. The number of aryl methyl sites for hydroxylation is 1. The Morgan fingerprint density at radius 1 is 0.929 bits per heavy atom. The number of aromatic nitrogens is 3. The molecule has 42 heavy (non-hydrogen) atoms. The van der Waals surface area contributed by atoms with Gasteiger partial charge in [-0.25, -0.2) is 0 Å². The van der Waals surface area contributed by atoms with Crippen LogP contribution >= 0.6 is 11.8 Å². The number of carbonyl (C=O) groups is 2. The van der Waals surface area contributed by atoms with Crippen molar-refractivity contribution in [2.24, 2.45) is 0 Å². The predicted molar refractivity (Wildman–Crippen MR) is 165 cm³/mol. The SMILES string of the molecule is CCOc1ccc(-n2c(CNC(=O)c3cccc4ccccc34)nnc2SCC(=O)N2CCCc3ccccc32)cc1. The summed E-state index contributed by atoms with van der Waals surface area (Å²) < 4.78 is 7.51. The lowest BCUT2D eigenvalue weighted by molar-refractivity contribution is -0.116. The van der Waals surface area contributed by atoms with E-state index in [0.717, 1.165) is 40.7 Å². The zero-order valence-electron chi connectivity index (χ0n) is 23.3. The lowest BCUT2D eigenvalue weighted by atomic mass is 10.0. The molecule has 1 N–H and O–H groups in total. The number of fused-ring (bicyclic) bond motifs is 2. The average Bonchev–Trinajstić information content (AvgIpc) is 3.45. The van der Waals surface area contributed by atoms with Crippen molar-refractivity contribution in [2.45, 2.75) is 31.5 Å². The zero-order chi connectivity index (χ0) is 28.9. The third-order valence-electron chi connectivity index (χ3n) is 7.28. The molecule has 0 aliphatic carbocycles. The summed E-state index contributed by atoms with van der Waals surface area (Å²) in [5.74, 6) is 1.37. The number of nitrogens with zero attached hydrogens (tertiary/aromatic N) is 4. The van der Waals surface area contributed by atoms with Gasteiger partial charge in [-0.3, -0.25) is 14.2 Å². The molecule has 212 valence electrons. The molecule has 5 aromatic rings. The highest BCUT2D eigenvalue weighted by Crippen LogP contribution is 2.29. The van der Waals surface area contributed by atoms with Crippen LogP contribution in [-0.4, -0.2) is 45.5 Å². The molecule has 8 nitrogen and oxygen atoms in total. The lowest BCUT2D eigenvalue weighted by Gasteiger charge is -2.29. The van der Waals surface area contributed by atoms with Gasteiger partial charge in [0.1, 0.15) is 5.75 Å². The first-order valence-corrected chi connectivity index (χ1v) is 15.1. The van der Waals surface area contributed by atoms with E-state index in [1.54, 1.807) is 0 Å². The maximum atomic E-state index is 13.4. The van der Waals surface area contributed by atoms with Gasteiger partial charge >= 0.3 is 0 Å². The first-order chi connectivity index (χ1) is 20.6. The van der Waals surface area contributed by atoms with E-state index < -0.39 is 0 Å². The van der Waals surface area contributed by atoms with Crippen molar-refractivity contribution < 1.29 is 14.3 Å². The summed E-state index contributed by atoms with van der Waals surface area (Å²) in [6, 6.07) is 29.2. The second-order valence-electron chi connectivity index (χ2n) is 9.94. The van der Waals surface area contributed by atoms with Crippen molar-refractivity contribution in [1.29, 1.82) is 0 Å². The minimum absolute atomic E-state index is 0.0270. The van der Waals surface area contributed by atoms with Crippen LogP contribution in [0.3, 0.4) is 0 Å². The number of anilines is 1. The molecule has 0 spiro atoms. The van der Waals surface area contributed by atoms with Crippen LogP contribution in [0.25, 0.3) is 16.5 Å². The van der Waals surface area contributed by atoms with Crippen LogP contribution in [0, 0.1) is 0 Å². The molecule has 1 aliphatic rings. The van der Waals surface area contributed by atoms with Crippen molar-refractivity contribution in [2.75, 3.05) is 23.8 Å². The largest absolute Gasteiger partial charge is 0.494 e. The Hall–Kier alpha value is -4.63. The van der Waals surface area contributed by atoms with Gasteiger partial charge in [0, 0.05) is 23.5 Å². The number of ether oxygens (including phenoxy) is 1.